The molecule has 0 heterocycles. The van der Waals surface area contributed by atoms with Crippen molar-refractivity contribution in [3.8, 4) is 0 Å². The summed E-state index contributed by atoms with van der Waals surface area (Å²) in [5.41, 5.74) is 0. The van der Waals surface area contributed by atoms with E-state index in [4.69, 9.17) is 9.47 Å². The molecule has 0 aromatic heterocycles. The van der Waals surface area contributed by atoms with Gasteiger partial charge in [0.25, 0.3) is 0 Å². The molecule has 92 valence electrons. The predicted molar refractivity (Wildman–Crippen MR) is 65.3 cm³/mol. The van der Waals surface area contributed by atoms with Crippen LogP contribution in [-0.2, 0) is 9.47 Å². The molecule has 1 atom stereocenters. The van der Waals surface area contributed by atoms with Crippen molar-refractivity contribution in [2.24, 2.45) is 0 Å². The summed E-state index contributed by atoms with van der Waals surface area (Å²) < 4.78 is 10.8. The van der Waals surface area contributed by atoms with Crippen LogP contribution in [0.5, 0.6) is 0 Å². The van der Waals surface area contributed by atoms with E-state index in [1.807, 2.05) is 6.92 Å². The van der Waals surface area contributed by atoms with Gasteiger partial charge in [-0.05, 0) is 20.3 Å². The molecule has 0 N–H and O–H groups in total. The highest BCUT2D eigenvalue weighted by atomic mass is 16.5. The molecule has 0 rings (SSSR count). The highest BCUT2D eigenvalue weighted by Crippen LogP contribution is 2.08. The van der Waals surface area contributed by atoms with Crippen molar-refractivity contribution < 1.29 is 9.47 Å². The van der Waals surface area contributed by atoms with Crippen LogP contribution in [0.2, 0.25) is 0 Å². The van der Waals surface area contributed by atoms with Gasteiger partial charge in [-0.25, -0.2) is 0 Å². The molecule has 0 bridgehead atoms. The summed E-state index contributed by atoms with van der Waals surface area (Å²) in [7, 11) is 0. The summed E-state index contributed by atoms with van der Waals surface area (Å²) in [6.45, 7) is 8.68. The topological polar surface area (TPSA) is 18.5 Å². The monoisotopic (exact) mass is 216 g/mol. The van der Waals surface area contributed by atoms with Crippen LogP contribution in [0.15, 0.2) is 0 Å². The van der Waals surface area contributed by atoms with Crippen molar-refractivity contribution in [2.75, 3.05) is 19.8 Å². The Kier molecular flexibility index (Phi) is 11.9. The second kappa shape index (κ2) is 12.0. The maximum atomic E-state index is 5.63. The SMILES string of the molecule is CCCCCCCC(C)OCCOCC. The highest BCUT2D eigenvalue weighted by Gasteiger charge is 2.01. The molecule has 0 aliphatic carbocycles. The Labute approximate surface area is 95.3 Å². The van der Waals surface area contributed by atoms with Gasteiger partial charge in [0.1, 0.15) is 0 Å². The molecule has 15 heavy (non-hydrogen) atoms. The first-order chi connectivity index (χ1) is 7.31. The van der Waals surface area contributed by atoms with E-state index >= 15 is 0 Å². The zero-order valence-electron chi connectivity index (χ0n) is 10.8. The van der Waals surface area contributed by atoms with Gasteiger partial charge >= 0.3 is 0 Å². The van der Waals surface area contributed by atoms with Crippen molar-refractivity contribution in [3.05, 3.63) is 0 Å². The van der Waals surface area contributed by atoms with Gasteiger partial charge in [-0.3, -0.25) is 0 Å². The lowest BCUT2D eigenvalue weighted by Crippen LogP contribution is -2.12. The van der Waals surface area contributed by atoms with E-state index in [-0.39, 0.29) is 0 Å². The first kappa shape index (κ1) is 14.9. The number of hydrogen-bond acceptors (Lipinski definition) is 2. The molecule has 0 aromatic carbocycles. The number of hydrogen-bond donors (Lipinski definition) is 0. The van der Waals surface area contributed by atoms with Crippen molar-refractivity contribution in [2.45, 2.75) is 65.4 Å². The van der Waals surface area contributed by atoms with Crippen LogP contribution in [0, 0.1) is 0 Å². The van der Waals surface area contributed by atoms with Crippen LogP contribution in [0.3, 0.4) is 0 Å². The zero-order valence-corrected chi connectivity index (χ0v) is 10.8. The van der Waals surface area contributed by atoms with Gasteiger partial charge in [-0.1, -0.05) is 39.0 Å². The van der Waals surface area contributed by atoms with E-state index in [0.717, 1.165) is 19.8 Å². The van der Waals surface area contributed by atoms with Crippen molar-refractivity contribution in [1.82, 2.24) is 0 Å². The lowest BCUT2D eigenvalue weighted by atomic mass is 10.1. The predicted octanol–water partition coefficient (Wildman–Crippen LogP) is 3.79. The average Bonchev–Trinajstić information content (AvgIpc) is 2.24. The fourth-order valence-corrected chi connectivity index (χ4v) is 1.57. The Morgan fingerprint density at radius 3 is 2.33 bits per heavy atom. The van der Waals surface area contributed by atoms with Gasteiger partial charge in [-0.2, -0.15) is 0 Å². The average molecular weight is 216 g/mol. The maximum Gasteiger partial charge on any atom is 0.0704 e. The van der Waals surface area contributed by atoms with E-state index < -0.39 is 0 Å². The van der Waals surface area contributed by atoms with E-state index in [9.17, 15) is 0 Å². The molecule has 0 aliphatic rings. The third-order valence-corrected chi connectivity index (χ3v) is 2.55. The standard InChI is InChI=1S/C13H28O2/c1-4-6-7-8-9-10-13(3)15-12-11-14-5-2/h13H,4-12H2,1-3H3. The second-order valence-electron chi connectivity index (χ2n) is 4.08. The fraction of sp³-hybridized carbons (Fsp3) is 1.00. The van der Waals surface area contributed by atoms with Gasteiger partial charge in [-0.15, -0.1) is 0 Å². The molecular formula is C13H28O2. The second-order valence-corrected chi connectivity index (χ2v) is 4.08. The molecule has 0 aromatic rings. The molecule has 0 saturated carbocycles. The van der Waals surface area contributed by atoms with Crippen LogP contribution < -0.4 is 0 Å². The summed E-state index contributed by atoms with van der Waals surface area (Å²) in [5.74, 6) is 0. The van der Waals surface area contributed by atoms with Crippen LogP contribution >= 0.6 is 0 Å². The first-order valence-electron chi connectivity index (χ1n) is 6.50. The summed E-state index contributed by atoms with van der Waals surface area (Å²) in [4.78, 5) is 0. The van der Waals surface area contributed by atoms with Crippen LogP contribution in [0.1, 0.15) is 59.3 Å². The Morgan fingerprint density at radius 1 is 0.933 bits per heavy atom. The summed E-state index contributed by atoms with van der Waals surface area (Å²) in [6.07, 6.45) is 8.31. The van der Waals surface area contributed by atoms with Gasteiger partial charge in [0.15, 0.2) is 0 Å². The Balaban J connectivity index is 3.08. The Bertz CT molecular complexity index is 115. The Hall–Kier alpha value is -0.0800. The Morgan fingerprint density at radius 2 is 1.67 bits per heavy atom. The summed E-state index contributed by atoms with van der Waals surface area (Å²) in [5, 5.41) is 0. The molecule has 2 nitrogen and oxygen atoms in total. The van der Waals surface area contributed by atoms with Crippen LogP contribution in [0.25, 0.3) is 0 Å². The van der Waals surface area contributed by atoms with Crippen molar-refractivity contribution in [1.29, 1.82) is 0 Å². The maximum absolute atomic E-state index is 5.63. The van der Waals surface area contributed by atoms with Crippen molar-refractivity contribution >= 4 is 0 Å². The fourth-order valence-electron chi connectivity index (χ4n) is 1.57. The number of ether oxygens (including phenoxy) is 2. The largest absolute Gasteiger partial charge is 0.379 e. The first-order valence-corrected chi connectivity index (χ1v) is 6.50. The van der Waals surface area contributed by atoms with E-state index in [2.05, 4.69) is 13.8 Å². The van der Waals surface area contributed by atoms with Gasteiger partial charge < -0.3 is 9.47 Å². The highest BCUT2D eigenvalue weighted by molar-refractivity contribution is 4.51. The van der Waals surface area contributed by atoms with Gasteiger partial charge in [0, 0.05) is 6.61 Å². The molecule has 0 fully saturated rings. The molecule has 0 radical (unpaired) electrons. The minimum Gasteiger partial charge on any atom is -0.379 e. The van der Waals surface area contributed by atoms with E-state index in [1.165, 1.54) is 38.5 Å². The van der Waals surface area contributed by atoms with Crippen LogP contribution in [0.4, 0.5) is 0 Å². The molecular weight excluding hydrogens is 188 g/mol. The minimum atomic E-state index is 0.395. The lowest BCUT2D eigenvalue weighted by Gasteiger charge is -2.12. The normalized spacial score (nSPS) is 13.0. The molecule has 2 heteroatoms. The third kappa shape index (κ3) is 11.8. The molecule has 0 spiro atoms. The van der Waals surface area contributed by atoms with E-state index in [1.54, 1.807) is 0 Å². The molecule has 0 saturated heterocycles. The van der Waals surface area contributed by atoms with Gasteiger partial charge in [0.2, 0.25) is 0 Å². The lowest BCUT2D eigenvalue weighted by molar-refractivity contribution is 0.0112. The van der Waals surface area contributed by atoms with Crippen molar-refractivity contribution in [3.63, 3.8) is 0 Å². The summed E-state index contributed by atoms with van der Waals surface area (Å²) in [6, 6.07) is 0. The van der Waals surface area contributed by atoms with E-state index in [0.29, 0.717) is 6.10 Å². The number of rotatable bonds is 11. The molecule has 1 unspecified atom stereocenters. The van der Waals surface area contributed by atoms with Gasteiger partial charge in [0.05, 0.1) is 19.3 Å². The molecule has 0 aliphatic heterocycles. The van der Waals surface area contributed by atoms with Crippen LogP contribution in [-0.4, -0.2) is 25.9 Å². The number of unbranched alkanes of at least 4 members (excludes halogenated alkanes) is 4. The smallest absolute Gasteiger partial charge is 0.0704 e. The molecule has 0 amide bonds. The zero-order chi connectivity index (χ0) is 11.4. The minimum absolute atomic E-state index is 0.395. The third-order valence-electron chi connectivity index (χ3n) is 2.55. The quantitative estimate of drug-likeness (QED) is 0.489. The summed E-state index contributed by atoms with van der Waals surface area (Å²) >= 11 is 0.